The third-order valence-corrected chi connectivity index (χ3v) is 6.54. The number of ether oxygens (including phenoxy) is 3. The minimum Gasteiger partial charge on any atom is -0.492 e. The highest BCUT2D eigenvalue weighted by molar-refractivity contribution is 6.38. The molecule has 0 aliphatic carbocycles. The largest absolute Gasteiger partial charge is 0.492 e. The summed E-state index contributed by atoms with van der Waals surface area (Å²) in [4.78, 5) is 40.5. The lowest BCUT2D eigenvalue weighted by Gasteiger charge is -2.17. The lowest BCUT2D eigenvalue weighted by atomic mass is 9.99. The van der Waals surface area contributed by atoms with Crippen molar-refractivity contribution in [1.82, 2.24) is 0 Å². The predicted molar refractivity (Wildman–Crippen MR) is 148 cm³/mol. The van der Waals surface area contributed by atoms with Gasteiger partial charge in [0.1, 0.15) is 23.9 Å². The zero-order chi connectivity index (χ0) is 28.2. The minimum atomic E-state index is -0.816. The Morgan fingerprint density at radius 2 is 1.43 bits per heavy atom. The van der Waals surface area contributed by atoms with Gasteiger partial charge in [-0.05, 0) is 36.6 Å². The van der Waals surface area contributed by atoms with Crippen LogP contribution in [0.25, 0.3) is 10.8 Å². The summed E-state index contributed by atoms with van der Waals surface area (Å²) < 4.78 is 32.6. The van der Waals surface area contributed by atoms with Crippen LogP contribution in [-0.2, 0) is 22.6 Å². The molecule has 7 nitrogen and oxygen atoms in total. The molecule has 0 atom stereocenters. The van der Waals surface area contributed by atoms with Gasteiger partial charge < -0.3 is 14.2 Å². The summed E-state index contributed by atoms with van der Waals surface area (Å²) in [5, 5.41) is 1.22. The maximum atomic E-state index is 15.4. The molecule has 0 saturated heterocycles. The van der Waals surface area contributed by atoms with Crippen LogP contribution in [0.4, 0.5) is 10.1 Å². The summed E-state index contributed by atoms with van der Waals surface area (Å²) in [5.41, 5.74) is 1.08. The van der Waals surface area contributed by atoms with Crippen molar-refractivity contribution < 1.29 is 33.0 Å². The Morgan fingerprint density at radius 1 is 0.800 bits per heavy atom. The molecule has 0 radical (unpaired) electrons. The van der Waals surface area contributed by atoms with Gasteiger partial charge in [-0.1, -0.05) is 67.6 Å². The van der Waals surface area contributed by atoms with Gasteiger partial charge in [0.05, 0.1) is 36.4 Å². The van der Waals surface area contributed by atoms with Crippen molar-refractivity contribution >= 4 is 34.2 Å². The van der Waals surface area contributed by atoms with Gasteiger partial charge >= 0.3 is 5.97 Å². The number of carbonyl (C=O) groups is 3. The van der Waals surface area contributed by atoms with Gasteiger partial charge in [-0.2, -0.15) is 0 Å². The Labute approximate surface area is 231 Å². The fraction of sp³-hybridized carbons (Fsp3) is 0.219. The van der Waals surface area contributed by atoms with Crippen molar-refractivity contribution in [2.45, 2.75) is 33.3 Å². The first-order valence-electron chi connectivity index (χ1n) is 13.2. The van der Waals surface area contributed by atoms with E-state index in [9.17, 15) is 14.4 Å². The SMILES string of the molecule is CCCOc1c2c(c(OCc3ccccc3)c3ccccc13)C(=O)N(c1ccc(CC(=O)OCC)cc1F)C2=O. The maximum absolute atomic E-state index is 15.4. The number of carbonyl (C=O) groups excluding carboxylic acids is 3. The number of esters is 1. The van der Waals surface area contributed by atoms with E-state index in [1.54, 1.807) is 19.1 Å². The maximum Gasteiger partial charge on any atom is 0.310 e. The van der Waals surface area contributed by atoms with Crippen LogP contribution in [0.2, 0.25) is 0 Å². The van der Waals surface area contributed by atoms with Gasteiger partial charge in [-0.3, -0.25) is 14.4 Å². The van der Waals surface area contributed by atoms with Crippen LogP contribution in [0, 0.1) is 5.82 Å². The van der Waals surface area contributed by atoms with Crippen molar-refractivity contribution in [3.63, 3.8) is 0 Å². The van der Waals surface area contributed by atoms with Crippen LogP contribution < -0.4 is 14.4 Å². The monoisotopic (exact) mass is 541 g/mol. The van der Waals surface area contributed by atoms with E-state index in [-0.39, 0.29) is 47.9 Å². The van der Waals surface area contributed by atoms with Gasteiger partial charge in [0.15, 0.2) is 0 Å². The minimum absolute atomic E-state index is 0.0285. The van der Waals surface area contributed by atoms with Gasteiger partial charge in [0.25, 0.3) is 11.8 Å². The smallest absolute Gasteiger partial charge is 0.310 e. The average molecular weight is 542 g/mol. The molecule has 0 spiro atoms. The standard InChI is InChI=1S/C32H28FNO6/c1-3-16-39-29-22-12-8-9-13-23(22)30(40-19-20-10-6-5-7-11-20)28-27(29)31(36)34(32(28)37)25-15-14-21(17-24(25)33)18-26(35)38-4-2/h5-15,17H,3-4,16,18-19H2,1-2H3. The van der Waals surface area contributed by atoms with Crippen LogP contribution >= 0.6 is 0 Å². The Hall–Kier alpha value is -4.72. The van der Waals surface area contributed by atoms with Crippen molar-refractivity contribution in [2.75, 3.05) is 18.1 Å². The fourth-order valence-electron chi connectivity index (χ4n) is 4.77. The van der Waals surface area contributed by atoms with E-state index >= 15 is 4.39 Å². The Morgan fingerprint density at radius 3 is 2.02 bits per heavy atom. The zero-order valence-electron chi connectivity index (χ0n) is 22.2. The first-order valence-corrected chi connectivity index (χ1v) is 13.2. The first kappa shape index (κ1) is 26.9. The lowest BCUT2D eigenvalue weighted by Crippen LogP contribution is -2.30. The highest BCUT2D eigenvalue weighted by Gasteiger charge is 2.44. The Bertz CT molecular complexity index is 1600. The Balaban J connectivity index is 1.62. The Kier molecular flexibility index (Phi) is 7.77. The van der Waals surface area contributed by atoms with Crippen molar-refractivity contribution in [1.29, 1.82) is 0 Å². The van der Waals surface area contributed by atoms with E-state index in [2.05, 4.69) is 0 Å². The second-order valence-corrected chi connectivity index (χ2v) is 9.29. The highest BCUT2D eigenvalue weighted by atomic mass is 19.1. The van der Waals surface area contributed by atoms with E-state index < -0.39 is 23.6 Å². The molecule has 5 rings (SSSR count). The normalized spacial score (nSPS) is 12.5. The molecule has 0 fully saturated rings. The lowest BCUT2D eigenvalue weighted by molar-refractivity contribution is -0.142. The van der Waals surface area contributed by atoms with Crippen molar-refractivity contribution in [2.24, 2.45) is 0 Å². The zero-order valence-corrected chi connectivity index (χ0v) is 22.2. The van der Waals surface area contributed by atoms with E-state index in [1.165, 1.54) is 12.1 Å². The second kappa shape index (κ2) is 11.6. The number of fused-ring (bicyclic) bond motifs is 2. The van der Waals surface area contributed by atoms with Gasteiger partial charge in [0.2, 0.25) is 0 Å². The quantitative estimate of drug-likeness (QED) is 0.174. The molecule has 4 aromatic rings. The van der Waals surface area contributed by atoms with Gasteiger partial charge in [-0.25, -0.2) is 9.29 Å². The van der Waals surface area contributed by atoms with Crippen LogP contribution in [0.3, 0.4) is 0 Å². The molecule has 0 N–H and O–H groups in total. The number of halogens is 1. The predicted octanol–water partition coefficient (Wildman–Crippen LogP) is 6.25. The molecule has 2 amide bonds. The number of hydrogen-bond acceptors (Lipinski definition) is 6. The van der Waals surface area contributed by atoms with Crippen molar-refractivity contribution in [3.8, 4) is 11.5 Å². The number of anilines is 1. The number of amides is 2. The molecule has 8 heteroatoms. The van der Waals surface area contributed by atoms with E-state index in [0.717, 1.165) is 16.5 Å². The second-order valence-electron chi connectivity index (χ2n) is 9.29. The van der Waals surface area contributed by atoms with E-state index in [0.29, 0.717) is 29.4 Å². The molecule has 204 valence electrons. The third kappa shape index (κ3) is 5.00. The molecule has 4 aromatic carbocycles. The third-order valence-electron chi connectivity index (χ3n) is 6.54. The van der Waals surface area contributed by atoms with Crippen LogP contribution in [0.5, 0.6) is 11.5 Å². The van der Waals surface area contributed by atoms with E-state index in [1.807, 2.05) is 49.4 Å². The summed E-state index contributed by atoms with van der Waals surface area (Å²) >= 11 is 0. The van der Waals surface area contributed by atoms with Crippen molar-refractivity contribution in [3.05, 3.63) is 101 Å². The molecular weight excluding hydrogens is 513 g/mol. The molecule has 0 saturated carbocycles. The van der Waals surface area contributed by atoms with Crippen LogP contribution in [0.1, 0.15) is 52.1 Å². The average Bonchev–Trinajstić information content (AvgIpc) is 3.21. The van der Waals surface area contributed by atoms with Gasteiger partial charge in [-0.15, -0.1) is 0 Å². The highest BCUT2D eigenvalue weighted by Crippen LogP contribution is 2.46. The number of hydrogen-bond donors (Lipinski definition) is 0. The van der Waals surface area contributed by atoms with Crippen LogP contribution in [0.15, 0.2) is 72.8 Å². The van der Waals surface area contributed by atoms with Gasteiger partial charge in [0, 0.05) is 10.8 Å². The molecular formula is C32H28FNO6. The summed E-state index contributed by atoms with van der Waals surface area (Å²) in [6.45, 7) is 4.31. The molecule has 0 bridgehead atoms. The molecule has 0 unspecified atom stereocenters. The number of benzene rings is 4. The summed E-state index contributed by atoms with van der Waals surface area (Å²) in [5.74, 6) is -2.24. The van der Waals surface area contributed by atoms with E-state index in [4.69, 9.17) is 14.2 Å². The number of imide groups is 1. The molecule has 1 aliphatic heterocycles. The first-order chi connectivity index (χ1) is 19.4. The number of nitrogens with zero attached hydrogens (tertiary/aromatic N) is 1. The summed E-state index contributed by atoms with van der Waals surface area (Å²) in [7, 11) is 0. The summed E-state index contributed by atoms with van der Waals surface area (Å²) in [6, 6.07) is 20.6. The number of rotatable bonds is 10. The molecule has 0 aromatic heterocycles. The topological polar surface area (TPSA) is 82.1 Å². The molecule has 40 heavy (non-hydrogen) atoms. The summed E-state index contributed by atoms with van der Waals surface area (Å²) in [6.07, 6.45) is 0.544. The molecule has 1 aliphatic rings. The molecule has 1 heterocycles. The fourth-order valence-corrected chi connectivity index (χ4v) is 4.77. The van der Waals surface area contributed by atoms with Crippen LogP contribution in [-0.4, -0.2) is 31.0 Å².